The maximum absolute atomic E-state index is 12.1. The van der Waals surface area contributed by atoms with Gasteiger partial charge in [-0.15, -0.1) is 0 Å². The molecule has 3 aromatic rings. The quantitative estimate of drug-likeness (QED) is 0.582. The van der Waals surface area contributed by atoms with E-state index in [0.717, 1.165) is 40.3 Å². The highest BCUT2D eigenvalue weighted by molar-refractivity contribution is 5.99. The molecular weight excluding hydrogens is 376 g/mol. The van der Waals surface area contributed by atoms with Gasteiger partial charge in [-0.25, -0.2) is 9.97 Å². The number of aliphatic hydroxyl groups is 1. The molecule has 4 rings (SSSR count). The molecule has 6 nitrogen and oxygen atoms in total. The Hall–Kier alpha value is -3.43. The monoisotopic (exact) mass is 400 g/mol. The number of fused-ring (bicyclic) bond motifs is 1. The number of nitrogens with zero attached hydrogens (tertiary/aromatic N) is 2. The summed E-state index contributed by atoms with van der Waals surface area (Å²) in [6, 6.07) is 9.38. The van der Waals surface area contributed by atoms with Gasteiger partial charge in [-0.3, -0.25) is 4.79 Å². The molecule has 0 aliphatic heterocycles. The van der Waals surface area contributed by atoms with Crippen LogP contribution >= 0.6 is 0 Å². The summed E-state index contributed by atoms with van der Waals surface area (Å²) in [6.45, 7) is 3.50. The summed E-state index contributed by atoms with van der Waals surface area (Å²) >= 11 is 0. The van der Waals surface area contributed by atoms with Crippen LogP contribution < -0.4 is 10.6 Å². The van der Waals surface area contributed by atoms with Crippen molar-refractivity contribution in [2.75, 3.05) is 17.7 Å². The summed E-state index contributed by atoms with van der Waals surface area (Å²) in [7, 11) is 1.81. The Morgan fingerprint density at radius 3 is 2.47 bits per heavy atom. The van der Waals surface area contributed by atoms with Crippen LogP contribution in [0.25, 0.3) is 10.8 Å². The molecule has 1 fully saturated rings. The Balaban J connectivity index is 1.69. The average Bonchev–Trinajstić information content (AvgIpc) is 3.57. The summed E-state index contributed by atoms with van der Waals surface area (Å²) < 4.78 is 0. The maximum Gasteiger partial charge on any atom is 0.228 e. The number of pyridine rings is 2. The number of hydrogen-bond acceptors (Lipinski definition) is 5. The summed E-state index contributed by atoms with van der Waals surface area (Å²) in [5, 5.41) is 17.8. The van der Waals surface area contributed by atoms with Crippen molar-refractivity contribution in [3.8, 4) is 11.8 Å². The smallest absolute Gasteiger partial charge is 0.228 e. The Morgan fingerprint density at radius 1 is 1.10 bits per heavy atom. The predicted molar refractivity (Wildman–Crippen MR) is 118 cm³/mol. The van der Waals surface area contributed by atoms with Crippen molar-refractivity contribution in [1.82, 2.24) is 9.97 Å². The third kappa shape index (κ3) is 4.27. The molecule has 3 N–H and O–H groups in total. The fourth-order valence-electron chi connectivity index (χ4n) is 3.18. The Kier molecular flexibility index (Phi) is 5.15. The summed E-state index contributed by atoms with van der Waals surface area (Å²) in [5.41, 5.74) is 1.54. The zero-order chi connectivity index (χ0) is 21.3. The normalized spacial score (nSPS) is 13.5. The molecule has 1 amide bonds. The summed E-state index contributed by atoms with van der Waals surface area (Å²) in [6.07, 6.45) is 5.31. The first-order valence-electron chi connectivity index (χ1n) is 9.97. The standard InChI is InChI=1S/C24H24N4O2/c1-24(2,30)18-10-5-15(6-11-18)4-7-17-13-27-22(25-3)20-14-26-21(12-19(17)20)28-23(29)16-8-9-16/h5-6,10-14,16,30H,8-9H2,1-3H3,(H,25,27)(H,26,28,29). The van der Waals surface area contributed by atoms with Gasteiger partial charge in [-0.2, -0.15) is 0 Å². The van der Waals surface area contributed by atoms with Crippen molar-refractivity contribution in [3.63, 3.8) is 0 Å². The maximum atomic E-state index is 12.1. The number of carbonyl (C=O) groups is 1. The number of rotatable bonds is 4. The first-order valence-corrected chi connectivity index (χ1v) is 9.97. The molecule has 1 aliphatic carbocycles. The Bertz CT molecular complexity index is 1160. The van der Waals surface area contributed by atoms with Crippen molar-refractivity contribution < 1.29 is 9.90 Å². The molecule has 30 heavy (non-hydrogen) atoms. The molecule has 0 spiro atoms. The van der Waals surface area contributed by atoms with E-state index >= 15 is 0 Å². The lowest BCUT2D eigenvalue weighted by atomic mass is 9.97. The van der Waals surface area contributed by atoms with E-state index < -0.39 is 5.60 Å². The second-order valence-corrected chi connectivity index (χ2v) is 8.04. The molecule has 0 radical (unpaired) electrons. The fourth-order valence-corrected chi connectivity index (χ4v) is 3.18. The Morgan fingerprint density at radius 2 is 1.83 bits per heavy atom. The molecule has 1 aromatic carbocycles. The lowest BCUT2D eigenvalue weighted by Gasteiger charge is -2.17. The molecule has 0 atom stereocenters. The highest BCUT2D eigenvalue weighted by Crippen LogP contribution is 2.31. The van der Waals surface area contributed by atoms with Gasteiger partial charge in [0.25, 0.3) is 0 Å². The van der Waals surface area contributed by atoms with Crippen molar-refractivity contribution in [1.29, 1.82) is 0 Å². The molecule has 2 aromatic heterocycles. The van der Waals surface area contributed by atoms with E-state index in [1.54, 1.807) is 33.3 Å². The van der Waals surface area contributed by atoms with Crippen molar-refractivity contribution in [3.05, 3.63) is 59.4 Å². The minimum absolute atomic E-state index is 0.0178. The molecule has 0 unspecified atom stereocenters. The fraction of sp³-hybridized carbons (Fsp3) is 0.292. The molecule has 2 heterocycles. The van der Waals surface area contributed by atoms with Crippen LogP contribution in [0.15, 0.2) is 42.7 Å². The number of amides is 1. The first kappa shape index (κ1) is 19.9. The van der Waals surface area contributed by atoms with E-state index in [-0.39, 0.29) is 11.8 Å². The number of nitrogens with one attached hydrogen (secondary N) is 2. The molecular formula is C24H24N4O2. The van der Waals surface area contributed by atoms with Crippen molar-refractivity contribution >= 4 is 28.3 Å². The number of aromatic nitrogens is 2. The first-order chi connectivity index (χ1) is 14.3. The van der Waals surface area contributed by atoms with Crippen LogP contribution in [0.1, 0.15) is 43.4 Å². The van der Waals surface area contributed by atoms with E-state index in [0.29, 0.717) is 11.6 Å². The van der Waals surface area contributed by atoms with Crippen LogP contribution in [-0.4, -0.2) is 28.0 Å². The van der Waals surface area contributed by atoms with Crippen LogP contribution in [-0.2, 0) is 10.4 Å². The van der Waals surface area contributed by atoms with E-state index in [9.17, 15) is 9.90 Å². The largest absolute Gasteiger partial charge is 0.386 e. The zero-order valence-electron chi connectivity index (χ0n) is 17.3. The minimum Gasteiger partial charge on any atom is -0.386 e. The summed E-state index contributed by atoms with van der Waals surface area (Å²) in [4.78, 5) is 20.9. The number of hydrogen-bond donors (Lipinski definition) is 3. The van der Waals surface area contributed by atoms with Gasteiger partial charge in [0.15, 0.2) is 0 Å². The van der Waals surface area contributed by atoms with Crippen molar-refractivity contribution in [2.45, 2.75) is 32.3 Å². The van der Waals surface area contributed by atoms with Crippen LogP contribution in [0, 0.1) is 17.8 Å². The van der Waals surface area contributed by atoms with Gasteiger partial charge < -0.3 is 15.7 Å². The topological polar surface area (TPSA) is 87.1 Å². The van der Waals surface area contributed by atoms with Crippen LogP contribution in [0.2, 0.25) is 0 Å². The van der Waals surface area contributed by atoms with Gasteiger partial charge in [0.1, 0.15) is 11.6 Å². The van der Waals surface area contributed by atoms with Crippen LogP contribution in [0.3, 0.4) is 0 Å². The number of benzene rings is 1. The van der Waals surface area contributed by atoms with Crippen LogP contribution in [0.4, 0.5) is 11.6 Å². The number of carbonyl (C=O) groups excluding carboxylic acids is 1. The zero-order valence-corrected chi connectivity index (χ0v) is 17.3. The highest BCUT2D eigenvalue weighted by atomic mass is 16.3. The van der Waals surface area contributed by atoms with Gasteiger partial charge in [0, 0.05) is 41.7 Å². The highest BCUT2D eigenvalue weighted by Gasteiger charge is 2.29. The lowest BCUT2D eigenvalue weighted by molar-refractivity contribution is -0.117. The Labute approximate surface area is 175 Å². The van der Waals surface area contributed by atoms with E-state index in [1.807, 2.05) is 30.3 Å². The average molecular weight is 400 g/mol. The number of anilines is 2. The molecule has 6 heteroatoms. The molecule has 0 saturated heterocycles. The second kappa shape index (κ2) is 7.77. The van der Waals surface area contributed by atoms with Gasteiger partial charge in [-0.1, -0.05) is 24.0 Å². The van der Waals surface area contributed by atoms with Gasteiger partial charge in [0.05, 0.1) is 11.2 Å². The second-order valence-electron chi connectivity index (χ2n) is 8.04. The predicted octanol–water partition coefficient (Wildman–Crippen LogP) is 3.65. The minimum atomic E-state index is -0.886. The lowest BCUT2D eigenvalue weighted by Crippen LogP contribution is -2.14. The third-order valence-electron chi connectivity index (χ3n) is 5.14. The molecule has 1 aliphatic rings. The van der Waals surface area contributed by atoms with Gasteiger partial charge in [-0.05, 0) is 50.5 Å². The van der Waals surface area contributed by atoms with Gasteiger partial charge in [0.2, 0.25) is 5.91 Å². The molecule has 152 valence electrons. The summed E-state index contributed by atoms with van der Waals surface area (Å²) in [5.74, 6) is 7.70. The van der Waals surface area contributed by atoms with E-state index in [1.165, 1.54) is 0 Å². The molecule has 0 bridgehead atoms. The molecule has 1 saturated carbocycles. The third-order valence-corrected chi connectivity index (χ3v) is 5.14. The van der Waals surface area contributed by atoms with Crippen LogP contribution in [0.5, 0.6) is 0 Å². The van der Waals surface area contributed by atoms with E-state index in [2.05, 4.69) is 32.4 Å². The van der Waals surface area contributed by atoms with E-state index in [4.69, 9.17) is 0 Å². The SMILES string of the molecule is CNc1ncc(C#Cc2ccc(C(C)(C)O)cc2)c2cc(NC(=O)C3CC3)ncc12. The van der Waals surface area contributed by atoms with Crippen molar-refractivity contribution in [2.24, 2.45) is 5.92 Å². The van der Waals surface area contributed by atoms with Gasteiger partial charge >= 0.3 is 0 Å².